The number of hydrogen-bond donors (Lipinski definition) is 1. The minimum Gasteiger partial charge on any atom is -0.212 e. The van der Waals surface area contributed by atoms with Crippen molar-refractivity contribution in [3.05, 3.63) is 0 Å². The highest BCUT2D eigenvalue weighted by Gasteiger charge is 2.65. The van der Waals surface area contributed by atoms with Gasteiger partial charge in [0.1, 0.15) is 0 Å². The smallest absolute Gasteiger partial charge is 0.211 e. The molecule has 13 heavy (non-hydrogen) atoms. The molecular formula is C9H19NO2S. The fraction of sp³-hybridized carbons (Fsp3) is 1.00. The molecule has 0 saturated heterocycles. The van der Waals surface area contributed by atoms with E-state index in [1.54, 1.807) is 6.92 Å². The van der Waals surface area contributed by atoms with E-state index in [0.717, 1.165) is 0 Å². The van der Waals surface area contributed by atoms with Gasteiger partial charge in [-0.3, -0.25) is 0 Å². The van der Waals surface area contributed by atoms with E-state index in [9.17, 15) is 8.42 Å². The summed E-state index contributed by atoms with van der Waals surface area (Å²) in [4.78, 5) is 0. The summed E-state index contributed by atoms with van der Waals surface area (Å²) in [5.74, 6) is 0.162. The Bertz CT molecular complexity index is 290. The van der Waals surface area contributed by atoms with Crippen molar-refractivity contribution in [2.24, 2.45) is 10.8 Å². The Kier molecular flexibility index (Phi) is 2.28. The van der Waals surface area contributed by atoms with Crippen LogP contribution in [0.2, 0.25) is 0 Å². The minimum absolute atomic E-state index is 0.0786. The van der Waals surface area contributed by atoms with Crippen molar-refractivity contribution in [1.82, 2.24) is 4.72 Å². The van der Waals surface area contributed by atoms with Gasteiger partial charge in [-0.2, -0.15) is 0 Å². The molecule has 3 nitrogen and oxygen atoms in total. The molecular weight excluding hydrogens is 186 g/mol. The molecule has 0 atom stereocenters. The van der Waals surface area contributed by atoms with Crippen molar-refractivity contribution in [2.75, 3.05) is 5.75 Å². The van der Waals surface area contributed by atoms with E-state index in [-0.39, 0.29) is 22.6 Å². The third-order valence-corrected chi connectivity index (χ3v) is 5.05. The Balaban J connectivity index is 2.72. The van der Waals surface area contributed by atoms with Crippen LogP contribution in [0.5, 0.6) is 0 Å². The molecule has 78 valence electrons. The molecule has 0 bridgehead atoms. The van der Waals surface area contributed by atoms with E-state index < -0.39 is 10.0 Å². The van der Waals surface area contributed by atoms with Crippen LogP contribution in [-0.2, 0) is 10.0 Å². The number of hydrogen-bond acceptors (Lipinski definition) is 2. The van der Waals surface area contributed by atoms with E-state index in [1.807, 2.05) is 0 Å². The second-order valence-electron chi connectivity index (χ2n) is 4.90. The van der Waals surface area contributed by atoms with E-state index in [0.29, 0.717) is 0 Å². The van der Waals surface area contributed by atoms with Crippen LogP contribution in [0.1, 0.15) is 34.6 Å². The molecule has 4 heteroatoms. The Morgan fingerprint density at radius 1 is 1.15 bits per heavy atom. The van der Waals surface area contributed by atoms with Gasteiger partial charge in [0.2, 0.25) is 10.0 Å². The molecule has 0 aliphatic heterocycles. The molecule has 0 amide bonds. The molecule has 1 aliphatic rings. The lowest BCUT2D eigenvalue weighted by Gasteiger charge is -2.04. The Hall–Kier alpha value is -0.0900. The van der Waals surface area contributed by atoms with Crippen molar-refractivity contribution in [3.8, 4) is 0 Å². The molecule has 0 spiro atoms. The summed E-state index contributed by atoms with van der Waals surface area (Å²) in [6.07, 6.45) is 0. The van der Waals surface area contributed by atoms with Gasteiger partial charge < -0.3 is 0 Å². The molecule has 1 N–H and O–H groups in total. The summed E-state index contributed by atoms with van der Waals surface area (Å²) in [6.45, 7) is 10.0. The summed E-state index contributed by atoms with van der Waals surface area (Å²) >= 11 is 0. The lowest BCUT2D eigenvalue weighted by atomic mass is 10.0. The molecule has 1 saturated carbocycles. The van der Waals surface area contributed by atoms with Gasteiger partial charge in [-0.25, -0.2) is 13.1 Å². The largest absolute Gasteiger partial charge is 0.212 e. The highest BCUT2D eigenvalue weighted by Crippen LogP contribution is 2.62. The molecule has 0 aromatic rings. The van der Waals surface area contributed by atoms with E-state index in [4.69, 9.17) is 0 Å². The van der Waals surface area contributed by atoms with Crippen LogP contribution in [0.4, 0.5) is 0 Å². The average Bonchev–Trinajstić information content (AvgIpc) is 2.33. The molecule has 1 rings (SSSR count). The zero-order chi connectivity index (χ0) is 10.5. The van der Waals surface area contributed by atoms with Crippen LogP contribution in [0.25, 0.3) is 0 Å². The summed E-state index contributed by atoms with van der Waals surface area (Å²) in [5, 5.41) is 0. The average molecular weight is 205 g/mol. The van der Waals surface area contributed by atoms with Crippen molar-refractivity contribution < 1.29 is 8.42 Å². The number of rotatable bonds is 3. The first-order valence-corrected chi connectivity index (χ1v) is 6.30. The van der Waals surface area contributed by atoms with Crippen molar-refractivity contribution >= 4 is 10.0 Å². The van der Waals surface area contributed by atoms with Gasteiger partial charge in [-0.1, -0.05) is 27.7 Å². The SMILES string of the molecule is CCS(=O)(=O)NC1C(C)(C)C1(C)C. The molecule has 0 radical (unpaired) electrons. The fourth-order valence-electron chi connectivity index (χ4n) is 1.75. The maximum absolute atomic E-state index is 11.3. The summed E-state index contributed by atoms with van der Waals surface area (Å²) < 4.78 is 25.4. The predicted molar refractivity (Wildman–Crippen MR) is 53.9 cm³/mol. The highest BCUT2D eigenvalue weighted by atomic mass is 32.2. The van der Waals surface area contributed by atoms with Crippen molar-refractivity contribution in [2.45, 2.75) is 40.7 Å². The third kappa shape index (κ3) is 1.62. The first-order chi connectivity index (χ1) is 5.65. The van der Waals surface area contributed by atoms with Gasteiger partial charge in [0.15, 0.2) is 0 Å². The van der Waals surface area contributed by atoms with Gasteiger partial charge >= 0.3 is 0 Å². The Morgan fingerprint density at radius 3 is 1.77 bits per heavy atom. The topological polar surface area (TPSA) is 46.2 Å². The van der Waals surface area contributed by atoms with Crippen LogP contribution < -0.4 is 4.72 Å². The summed E-state index contributed by atoms with van der Waals surface area (Å²) in [7, 11) is -3.05. The molecule has 0 aromatic carbocycles. The highest BCUT2D eigenvalue weighted by molar-refractivity contribution is 7.89. The van der Waals surface area contributed by atoms with Crippen LogP contribution >= 0.6 is 0 Å². The molecule has 0 heterocycles. The second-order valence-corrected chi connectivity index (χ2v) is 6.94. The van der Waals surface area contributed by atoms with Gasteiger partial charge in [-0.15, -0.1) is 0 Å². The first kappa shape index (κ1) is 11.0. The maximum atomic E-state index is 11.3. The Labute approximate surface area is 81.0 Å². The van der Waals surface area contributed by atoms with E-state index >= 15 is 0 Å². The normalized spacial score (nSPS) is 25.9. The Morgan fingerprint density at radius 2 is 1.54 bits per heavy atom. The maximum Gasteiger partial charge on any atom is 0.211 e. The van der Waals surface area contributed by atoms with E-state index in [1.165, 1.54) is 0 Å². The summed E-state index contributed by atoms with van der Waals surface area (Å²) in [6, 6.07) is 0.0879. The third-order valence-electron chi connectivity index (χ3n) is 3.70. The lowest BCUT2D eigenvalue weighted by molar-refractivity contribution is 0.457. The number of sulfonamides is 1. The predicted octanol–water partition coefficient (Wildman–Crippen LogP) is 1.36. The van der Waals surface area contributed by atoms with Gasteiger partial charge in [0.05, 0.1) is 5.75 Å². The number of nitrogens with one attached hydrogen (secondary N) is 1. The standard InChI is InChI=1S/C9H19NO2S/c1-6-13(11,12)10-7-8(2,3)9(7,4)5/h7,10H,6H2,1-5H3. The van der Waals surface area contributed by atoms with Crippen LogP contribution in [0.3, 0.4) is 0 Å². The fourth-order valence-corrected chi connectivity index (χ4v) is 2.87. The lowest BCUT2D eigenvalue weighted by Crippen LogP contribution is -2.31. The van der Waals surface area contributed by atoms with Gasteiger partial charge in [-0.05, 0) is 17.8 Å². The van der Waals surface area contributed by atoms with Gasteiger partial charge in [0.25, 0.3) is 0 Å². The second kappa shape index (κ2) is 2.70. The quantitative estimate of drug-likeness (QED) is 0.756. The molecule has 0 unspecified atom stereocenters. The van der Waals surface area contributed by atoms with Crippen molar-refractivity contribution in [3.63, 3.8) is 0 Å². The molecule has 0 aromatic heterocycles. The zero-order valence-electron chi connectivity index (χ0n) is 9.01. The first-order valence-electron chi connectivity index (χ1n) is 4.65. The minimum atomic E-state index is -3.05. The monoisotopic (exact) mass is 205 g/mol. The van der Waals surface area contributed by atoms with Gasteiger partial charge in [0, 0.05) is 6.04 Å². The molecule has 1 aliphatic carbocycles. The summed E-state index contributed by atoms with van der Waals surface area (Å²) in [5.41, 5.74) is 0.157. The van der Waals surface area contributed by atoms with Crippen molar-refractivity contribution in [1.29, 1.82) is 0 Å². The zero-order valence-corrected chi connectivity index (χ0v) is 9.83. The van der Waals surface area contributed by atoms with Crippen LogP contribution in [0, 0.1) is 10.8 Å². The molecule has 1 fully saturated rings. The van der Waals surface area contributed by atoms with E-state index in [2.05, 4.69) is 32.4 Å². The van der Waals surface area contributed by atoms with Crippen LogP contribution in [0.15, 0.2) is 0 Å². The van der Waals surface area contributed by atoms with Crippen LogP contribution in [-0.4, -0.2) is 20.2 Å².